The number of aliphatic hydroxyl groups excluding tert-OH is 1. The van der Waals surface area contributed by atoms with Crippen LogP contribution in [0.1, 0.15) is 18.1 Å². The van der Waals surface area contributed by atoms with Gasteiger partial charge in [-0.15, -0.1) is 16.9 Å². The predicted octanol–water partition coefficient (Wildman–Crippen LogP) is -2.24. The number of carbonyl (C=O) groups excluding carboxylic acids is 4. The quantitative estimate of drug-likeness (QED) is 0.0627. The van der Waals surface area contributed by atoms with Gasteiger partial charge in [0.2, 0.25) is 5.16 Å². The minimum atomic E-state index is -4.47. The third-order valence-corrected chi connectivity index (χ3v) is 9.44. The maximum Gasteiger partial charge on any atom is 0.355 e. The standard InChI is InChI=1S/C25H31N7O10S3/c1-32(2,3)10-16(9-17(33)34)42-24(38)19-15(12-44-25-27-28-29-30(25)13-45(39,40)41)11-43-23-18(22(37)31(19)23)26-21(36)20(35)14-7-5-4-6-8-14/h4-8,16,18,20,23,35H,9-13H2,1-3H3,(H2-,26,33,34,36,39,40,41)/t16?,18-,20-,23-/m1/s1. The van der Waals surface area contributed by atoms with E-state index in [0.29, 0.717) is 11.1 Å². The Labute approximate surface area is 266 Å². The molecule has 1 aromatic carbocycles. The number of benzene rings is 1. The summed E-state index contributed by atoms with van der Waals surface area (Å²) < 4.78 is 38.6. The maximum absolute atomic E-state index is 13.7. The number of aliphatic hydroxyl groups is 1. The van der Waals surface area contributed by atoms with Crippen molar-refractivity contribution in [2.45, 2.75) is 41.1 Å². The van der Waals surface area contributed by atoms with E-state index in [0.717, 1.165) is 21.3 Å². The number of nitrogens with zero attached hydrogens (tertiary/aromatic N) is 6. The number of thioether (sulfide) groups is 2. The lowest BCUT2D eigenvalue weighted by Gasteiger charge is -2.50. The van der Waals surface area contributed by atoms with Gasteiger partial charge in [0.25, 0.3) is 21.9 Å². The molecule has 2 aromatic rings. The predicted molar refractivity (Wildman–Crippen MR) is 156 cm³/mol. The molecule has 17 nitrogen and oxygen atoms in total. The van der Waals surface area contributed by atoms with Gasteiger partial charge in [0.15, 0.2) is 18.1 Å². The number of nitrogens with one attached hydrogen (secondary N) is 1. The minimum absolute atomic E-state index is 0.00481. The summed E-state index contributed by atoms with van der Waals surface area (Å²) in [6.07, 6.45) is -3.24. The fourth-order valence-corrected chi connectivity index (χ4v) is 7.56. The second kappa shape index (κ2) is 13.8. The highest BCUT2D eigenvalue weighted by Gasteiger charge is 2.55. The third kappa shape index (κ3) is 8.79. The van der Waals surface area contributed by atoms with E-state index >= 15 is 0 Å². The Morgan fingerprint density at radius 1 is 1.24 bits per heavy atom. The number of hydrogen-bond acceptors (Lipinski definition) is 14. The van der Waals surface area contributed by atoms with E-state index in [-0.39, 0.29) is 33.4 Å². The first kappa shape index (κ1) is 34.3. The normalized spacial score (nSPS) is 19.8. The van der Waals surface area contributed by atoms with Gasteiger partial charge in [0, 0.05) is 23.9 Å². The number of carbonyl (C=O) groups is 4. The zero-order valence-corrected chi connectivity index (χ0v) is 26.7. The molecule has 1 fully saturated rings. The molecule has 20 heteroatoms. The van der Waals surface area contributed by atoms with Crippen LogP contribution in [0.4, 0.5) is 0 Å². The highest BCUT2D eigenvalue weighted by Crippen LogP contribution is 2.42. The van der Waals surface area contributed by atoms with Crippen LogP contribution < -0.4 is 10.4 Å². The number of carboxylic acids is 1. The molecule has 0 aliphatic carbocycles. The average Bonchev–Trinajstić information content (AvgIpc) is 3.37. The van der Waals surface area contributed by atoms with Crippen LogP contribution in [0, 0.1) is 0 Å². The molecule has 1 saturated heterocycles. The first-order chi connectivity index (χ1) is 21.0. The molecule has 45 heavy (non-hydrogen) atoms. The van der Waals surface area contributed by atoms with Gasteiger partial charge >= 0.3 is 5.97 Å². The minimum Gasteiger partial charge on any atom is -0.550 e. The number of aromatic nitrogens is 4. The Morgan fingerprint density at radius 3 is 2.56 bits per heavy atom. The number of amides is 2. The van der Waals surface area contributed by atoms with Crippen LogP contribution in [0.2, 0.25) is 0 Å². The highest BCUT2D eigenvalue weighted by molar-refractivity contribution is 8.01. The Kier molecular flexibility index (Phi) is 10.5. The van der Waals surface area contributed by atoms with Gasteiger partial charge in [-0.2, -0.15) is 8.42 Å². The number of fused-ring (bicyclic) bond motifs is 1. The lowest BCUT2D eigenvalue weighted by molar-refractivity contribution is -0.873. The summed E-state index contributed by atoms with van der Waals surface area (Å²) in [7, 11) is 0.853. The number of quaternary nitrogens is 1. The van der Waals surface area contributed by atoms with Crippen molar-refractivity contribution >= 4 is 57.4 Å². The number of aliphatic carboxylic acids is 1. The number of esters is 1. The Bertz CT molecular complexity index is 1590. The van der Waals surface area contributed by atoms with E-state index in [2.05, 4.69) is 20.8 Å². The van der Waals surface area contributed by atoms with E-state index in [1.807, 2.05) is 0 Å². The zero-order valence-electron chi connectivity index (χ0n) is 24.3. The fraction of sp³-hybridized carbons (Fsp3) is 0.480. The Hall–Kier alpha value is -3.56. The summed E-state index contributed by atoms with van der Waals surface area (Å²) >= 11 is 2.15. The highest BCUT2D eigenvalue weighted by atomic mass is 32.2. The van der Waals surface area contributed by atoms with Crippen molar-refractivity contribution in [3.05, 3.63) is 47.2 Å². The van der Waals surface area contributed by atoms with Crippen molar-refractivity contribution in [3.8, 4) is 0 Å². The van der Waals surface area contributed by atoms with Crippen LogP contribution in [-0.4, -0.2) is 128 Å². The number of carboxylic acid groups (broad SMARTS) is 1. The molecule has 1 aromatic heterocycles. The smallest absolute Gasteiger partial charge is 0.355 e. The summed E-state index contributed by atoms with van der Waals surface area (Å²) in [5.41, 5.74) is 0.530. The number of β-lactam (4-membered cyclic amide) rings is 1. The Morgan fingerprint density at radius 2 is 1.93 bits per heavy atom. The molecule has 2 amide bonds. The fourth-order valence-electron chi connectivity index (χ4n) is 4.64. The van der Waals surface area contributed by atoms with Crippen LogP contribution in [0.25, 0.3) is 0 Å². The van der Waals surface area contributed by atoms with Gasteiger partial charge in [-0.05, 0) is 21.6 Å². The molecule has 244 valence electrons. The molecule has 0 saturated carbocycles. The van der Waals surface area contributed by atoms with Gasteiger partial charge in [0.05, 0.1) is 21.1 Å². The Balaban J connectivity index is 1.59. The topological polar surface area (TPSA) is 234 Å². The van der Waals surface area contributed by atoms with Crippen LogP contribution in [0.3, 0.4) is 0 Å². The van der Waals surface area contributed by atoms with Crippen LogP contribution in [0.15, 0.2) is 46.8 Å². The molecule has 4 atom stereocenters. The van der Waals surface area contributed by atoms with Crippen molar-refractivity contribution in [1.82, 2.24) is 30.4 Å². The van der Waals surface area contributed by atoms with Gasteiger partial charge in [0.1, 0.15) is 23.7 Å². The number of rotatable bonds is 14. The second-order valence-electron chi connectivity index (χ2n) is 11.2. The van der Waals surface area contributed by atoms with Crippen molar-refractivity contribution in [1.29, 1.82) is 0 Å². The monoisotopic (exact) mass is 685 g/mol. The first-order valence-electron chi connectivity index (χ1n) is 13.3. The number of hydrogen-bond donors (Lipinski definition) is 3. The van der Waals surface area contributed by atoms with Crippen LogP contribution >= 0.6 is 23.5 Å². The molecule has 3 N–H and O–H groups in total. The molecule has 3 heterocycles. The maximum atomic E-state index is 13.7. The second-order valence-corrected chi connectivity index (χ2v) is 14.7. The van der Waals surface area contributed by atoms with Crippen molar-refractivity contribution in [2.24, 2.45) is 0 Å². The van der Waals surface area contributed by atoms with Crippen LogP contribution in [-0.2, 0) is 39.9 Å². The lowest BCUT2D eigenvalue weighted by Crippen LogP contribution is -2.71. The summed E-state index contributed by atoms with van der Waals surface area (Å²) in [5.74, 6) is -4.66. The van der Waals surface area contributed by atoms with Gasteiger partial charge in [-0.3, -0.25) is 19.0 Å². The molecule has 0 bridgehead atoms. The molecule has 1 unspecified atom stereocenters. The number of tetrazole rings is 1. The molecule has 0 spiro atoms. The third-order valence-electron chi connectivity index (χ3n) is 6.48. The first-order valence-corrected chi connectivity index (χ1v) is 16.9. The molecule has 2 aliphatic heterocycles. The van der Waals surface area contributed by atoms with Gasteiger partial charge in [-0.25, -0.2) is 9.48 Å². The largest absolute Gasteiger partial charge is 0.550 e. The van der Waals surface area contributed by atoms with E-state index in [9.17, 15) is 42.4 Å². The summed E-state index contributed by atoms with van der Waals surface area (Å²) in [5, 5.41) is 34.4. The average molecular weight is 686 g/mol. The summed E-state index contributed by atoms with van der Waals surface area (Å²) in [6, 6.07) is 7.05. The van der Waals surface area contributed by atoms with E-state index in [1.165, 1.54) is 11.8 Å². The lowest BCUT2D eigenvalue weighted by atomic mass is 10.0. The van der Waals surface area contributed by atoms with E-state index < -0.39 is 69.8 Å². The number of likely N-dealkylation sites (N-methyl/N-ethyl adjacent to an activating group) is 1. The SMILES string of the molecule is C[N+](C)(C)CC(CC(=O)[O-])OC(=O)C1=C(CSc2nnnn2CS(=O)(=O)O)CS[C@@H]2[C@H](NC(=O)[C@H](O)c3ccccc3)C(=O)N12. The molecule has 0 radical (unpaired) electrons. The van der Waals surface area contributed by atoms with Crippen molar-refractivity contribution in [3.63, 3.8) is 0 Å². The molecular formula is C25H31N7O10S3. The summed E-state index contributed by atoms with van der Waals surface area (Å²) in [6.45, 7) is 0.115. The summed E-state index contributed by atoms with van der Waals surface area (Å²) in [4.78, 5) is 52.5. The molecular weight excluding hydrogens is 655 g/mol. The van der Waals surface area contributed by atoms with Gasteiger partial charge < -0.3 is 29.5 Å². The molecule has 2 aliphatic rings. The van der Waals surface area contributed by atoms with Crippen LogP contribution in [0.5, 0.6) is 0 Å². The van der Waals surface area contributed by atoms with E-state index in [4.69, 9.17) is 4.74 Å². The van der Waals surface area contributed by atoms with E-state index in [1.54, 1.807) is 51.5 Å². The van der Waals surface area contributed by atoms with Crippen molar-refractivity contribution < 1.29 is 51.6 Å². The molecule has 4 rings (SSSR count). The number of ether oxygens (including phenoxy) is 1. The van der Waals surface area contributed by atoms with Gasteiger partial charge in [-0.1, -0.05) is 42.1 Å². The van der Waals surface area contributed by atoms with Crippen molar-refractivity contribution in [2.75, 3.05) is 39.2 Å². The zero-order chi connectivity index (χ0) is 33.1.